The predicted molar refractivity (Wildman–Crippen MR) is 94.7 cm³/mol. The maximum absolute atomic E-state index is 4.57. The zero-order valence-corrected chi connectivity index (χ0v) is 14.0. The topological polar surface area (TPSA) is 67.3 Å². The summed E-state index contributed by atoms with van der Waals surface area (Å²) in [5, 5.41) is 3.85. The molecule has 0 amide bonds. The number of imidazole rings is 1. The summed E-state index contributed by atoms with van der Waals surface area (Å²) < 4.78 is 0. The molecule has 116 valence electrons. The van der Waals surface area contributed by atoms with Gasteiger partial charge in [-0.05, 0) is 31.3 Å². The van der Waals surface area contributed by atoms with Crippen LogP contribution in [0.5, 0.6) is 0 Å². The van der Waals surface area contributed by atoms with Gasteiger partial charge in [0.15, 0.2) is 5.82 Å². The summed E-state index contributed by atoms with van der Waals surface area (Å²) in [5.74, 6) is 7.06. The number of nitrogens with one attached hydrogen (secondary N) is 1. The number of aromatic amines is 1. The maximum Gasteiger partial charge on any atom is 0.206 e. The predicted octanol–water partition coefficient (Wildman–Crippen LogP) is 3.49. The molecule has 0 aliphatic carbocycles. The van der Waals surface area contributed by atoms with Crippen LogP contribution in [-0.4, -0.2) is 24.9 Å². The van der Waals surface area contributed by atoms with Crippen molar-refractivity contribution in [2.75, 3.05) is 0 Å². The highest BCUT2D eigenvalue weighted by Crippen LogP contribution is 2.19. The van der Waals surface area contributed by atoms with Crippen molar-refractivity contribution in [2.24, 2.45) is 0 Å². The second-order valence-corrected chi connectivity index (χ2v) is 6.22. The molecule has 0 bridgehead atoms. The Morgan fingerprint density at radius 3 is 2.83 bits per heavy atom. The molecule has 6 heteroatoms. The third kappa shape index (κ3) is 2.66. The van der Waals surface area contributed by atoms with Gasteiger partial charge in [-0.25, -0.2) is 19.9 Å². The fraction of sp³-hybridized carbons (Fsp3) is 0.111. The SMILES string of the molecule is Cc1nc(C#Cc2nc(-c3nccs3)c[nH]2)nc2c(C)cccc12. The lowest BCUT2D eigenvalue weighted by Crippen LogP contribution is -1.96. The van der Waals surface area contributed by atoms with Crippen molar-refractivity contribution in [2.45, 2.75) is 13.8 Å². The largest absolute Gasteiger partial charge is 0.337 e. The number of rotatable bonds is 1. The van der Waals surface area contributed by atoms with E-state index >= 15 is 0 Å². The van der Waals surface area contributed by atoms with Crippen molar-refractivity contribution in [1.82, 2.24) is 24.9 Å². The lowest BCUT2D eigenvalue weighted by molar-refractivity contribution is 1.11. The number of hydrogen-bond donors (Lipinski definition) is 1. The zero-order valence-electron chi connectivity index (χ0n) is 13.2. The molecule has 0 aliphatic heterocycles. The van der Waals surface area contributed by atoms with E-state index in [0.29, 0.717) is 11.6 Å². The quantitative estimate of drug-likeness (QED) is 0.542. The minimum absolute atomic E-state index is 0.501. The number of hydrogen-bond acceptors (Lipinski definition) is 5. The van der Waals surface area contributed by atoms with Gasteiger partial charge in [0.25, 0.3) is 0 Å². The van der Waals surface area contributed by atoms with Crippen LogP contribution in [0.15, 0.2) is 36.0 Å². The van der Waals surface area contributed by atoms with Gasteiger partial charge in [-0.2, -0.15) is 0 Å². The molecule has 0 saturated heterocycles. The Bertz CT molecular complexity index is 1080. The number of fused-ring (bicyclic) bond motifs is 1. The molecule has 24 heavy (non-hydrogen) atoms. The summed E-state index contributed by atoms with van der Waals surface area (Å²) in [6, 6.07) is 6.09. The Morgan fingerprint density at radius 2 is 2.00 bits per heavy atom. The summed E-state index contributed by atoms with van der Waals surface area (Å²) in [7, 11) is 0. The Kier molecular flexibility index (Phi) is 3.56. The van der Waals surface area contributed by atoms with Crippen molar-refractivity contribution in [3.8, 4) is 22.5 Å². The number of para-hydroxylation sites is 1. The second kappa shape index (κ2) is 5.87. The number of aryl methyl sites for hydroxylation is 2. The first-order valence-corrected chi connectivity index (χ1v) is 8.30. The highest BCUT2D eigenvalue weighted by atomic mass is 32.1. The Hall–Kier alpha value is -3.04. The van der Waals surface area contributed by atoms with E-state index < -0.39 is 0 Å². The molecule has 0 atom stereocenters. The highest BCUT2D eigenvalue weighted by Gasteiger charge is 2.06. The summed E-state index contributed by atoms with van der Waals surface area (Å²) in [4.78, 5) is 20.8. The molecule has 1 N–H and O–H groups in total. The van der Waals surface area contributed by atoms with E-state index in [-0.39, 0.29) is 0 Å². The van der Waals surface area contributed by atoms with E-state index in [9.17, 15) is 0 Å². The Morgan fingerprint density at radius 1 is 1.08 bits per heavy atom. The minimum Gasteiger partial charge on any atom is -0.337 e. The second-order valence-electron chi connectivity index (χ2n) is 5.33. The van der Waals surface area contributed by atoms with Gasteiger partial charge in [-0.3, -0.25) is 0 Å². The van der Waals surface area contributed by atoms with Crippen molar-refractivity contribution >= 4 is 22.2 Å². The highest BCUT2D eigenvalue weighted by molar-refractivity contribution is 7.13. The summed E-state index contributed by atoms with van der Waals surface area (Å²) in [6.45, 7) is 4.01. The maximum atomic E-state index is 4.57. The van der Waals surface area contributed by atoms with E-state index in [1.165, 1.54) is 0 Å². The van der Waals surface area contributed by atoms with Crippen LogP contribution < -0.4 is 0 Å². The van der Waals surface area contributed by atoms with Crippen LogP contribution in [0.3, 0.4) is 0 Å². The monoisotopic (exact) mass is 331 g/mol. The molecule has 3 heterocycles. The third-order valence-electron chi connectivity index (χ3n) is 3.64. The van der Waals surface area contributed by atoms with Gasteiger partial charge in [-0.15, -0.1) is 11.3 Å². The van der Waals surface area contributed by atoms with Gasteiger partial charge in [0.05, 0.1) is 5.52 Å². The average Bonchev–Trinajstić information content (AvgIpc) is 3.25. The molecule has 0 fully saturated rings. The summed E-state index contributed by atoms with van der Waals surface area (Å²) in [6.07, 6.45) is 3.56. The van der Waals surface area contributed by atoms with Crippen molar-refractivity contribution < 1.29 is 0 Å². The minimum atomic E-state index is 0.501. The number of aromatic nitrogens is 5. The molecule has 0 unspecified atom stereocenters. The van der Waals surface area contributed by atoms with Gasteiger partial charge in [0.1, 0.15) is 10.7 Å². The van der Waals surface area contributed by atoms with E-state index in [1.54, 1.807) is 23.7 Å². The van der Waals surface area contributed by atoms with Gasteiger partial charge < -0.3 is 4.98 Å². The van der Waals surface area contributed by atoms with Crippen molar-refractivity contribution in [3.05, 3.63) is 58.9 Å². The molecule has 3 aromatic heterocycles. The number of thiazole rings is 1. The number of H-pyrrole nitrogens is 1. The molecule has 0 spiro atoms. The first-order valence-electron chi connectivity index (χ1n) is 7.42. The fourth-order valence-electron chi connectivity index (χ4n) is 2.47. The van der Waals surface area contributed by atoms with Crippen LogP contribution in [0.25, 0.3) is 21.6 Å². The molecule has 0 saturated carbocycles. The fourth-order valence-corrected chi connectivity index (χ4v) is 3.06. The molecule has 0 radical (unpaired) electrons. The molecule has 0 aliphatic rings. The van der Waals surface area contributed by atoms with Crippen LogP contribution >= 0.6 is 11.3 Å². The van der Waals surface area contributed by atoms with Gasteiger partial charge >= 0.3 is 0 Å². The summed E-state index contributed by atoms with van der Waals surface area (Å²) in [5.41, 5.74) is 3.78. The number of nitrogens with zero attached hydrogens (tertiary/aromatic N) is 4. The smallest absolute Gasteiger partial charge is 0.206 e. The van der Waals surface area contributed by atoms with Crippen molar-refractivity contribution in [3.63, 3.8) is 0 Å². The van der Waals surface area contributed by atoms with Crippen molar-refractivity contribution in [1.29, 1.82) is 0 Å². The normalized spacial score (nSPS) is 10.6. The van der Waals surface area contributed by atoms with Crippen LogP contribution in [0, 0.1) is 25.7 Å². The van der Waals surface area contributed by atoms with Gasteiger partial charge in [0.2, 0.25) is 5.82 Å². The molecular weight excluding hydrogens is 318 g/mol. The van der Waals surface area contributed by atoms with E-state index in [1.807, 2.05) is 37.4 Å². The Balaban J connectivity index is 1.71. The van der Waals surface area contributed by atoms with Crippen LogP contribution in [0.2, 0.25) is 0 Å². The van der Waals surface area contributed by atoms with Crippen LogP contribution in [0.4, 0.5) is 0 Å². The number of benzene rings is 1. The molecule has 4 aromatic rings. The van der Waals surface area contributed by atoms with Gasteiger partial charge in [0, 0.05) is 28.9 Å². The summed E-state index contributed by atoms with van der Waals surface area (Å²) >= 11 is 1.54. The lowest BCUT2D eigenvalue weighted by Gasteiger charge is -2.04. The van der Waals surface area contributed by atoms with E-state index in [0.717, 1.165) is 32.9 Å². The average molecular weight is 331 g/mol. The standard InChI is InChI=1S/C18H13N5S/c1-11-4-3-5-13-12(2)21-16(23-17(11)13)7-6-15-20-10-14(22-15)18-19-8-9-24-18/h3-5,8-10H,1-2H3,(H,20,22). The molecule has 1 aromatic carbocycles. The first-order chi connectivity index (χ1) is 11.7. The zero-order chi connectivity index (χ0) is 16.5. The van der Waals surface area contributed by atoms with E-state index in [4.69, 9.17) is 0 Å². The van der Waals surface area contributed by atoms with E-state index in [2.05, 4.69) is 36.8 Å². The van der Waals surface area contributed by atoms with Crippen LogP contribution in [0.1, 0.15) is 22.9 Å². The molecular formula is C18H13N5S. The van der Waals surface area contributed by atoms with Gasteiger partial charge in [-0.1, -0.05) is 18.2 Å². The lowest BCUT2D eigenvalue weighted by atomic mass is 10.1. The third-order valence-corrected chi connectivity index (χ3v) is 4.44. The van der Waals surface area contributed by atoms with Crippen LogP contribution in [-0.2, 0) is 0 Å². The molecule has 5 nitrogen and oxygen atoms in total. The first kappa shape index (κ1) is 14.5. The molecule has 4 rings (SSSR count). The Labute approximate surface area is 142 Å².